The Morgan fingerprint density at radius 1 is 1.62 bits per heavy atom. The summed E-state index contributed by atoms with van der Waals surface area (Å²) < 4.78 is 5.97. The summed E-state index contributed by atoms with van der Waals surface area (Å²) in [6.45, 7) is 1.79. The number of ether oxygens (including phenoxy) is 1. The van der Waals surface area contributed by atoms with Crippen molar-refractivity contribution in [3.8, 4) is 5.75 Å². The molecule has 0 radical (unpaired) electrons. The number of carbonyl (C=O) groups excluding carboxylic acids is 1. The highest BCUT2D eigenvalue weighted by Crippen LogP contribution is 2.27. The second-order valence-electron chi connectivity index (χ2n) is 3.58. The number of hydrogen-bond donors (Lipinski definition) is 2. The summed E-state index contributed by atoms with van der Waals surface area (Å²) in [6.07, 6.45) is 0.304. The molecular formula is C11H15BrN2O2. The number of benzene rings is 1. The van der Waals surface area contributed by atoms with Gasteiger partial charge in [-0.1, -0.05) is 0 Å². The molecule has 1 atom stereocenters. The predicted molar refractivity (Wildman–Crippen MR) is 67.6 cm³/mol. The second kappa shape index (κ2) is 5.86. The zero-order chi connectivity index (χ0) is 12.1. The van der Waals surface area contributed by atoms with Gasteiger partial charge in [0.2, 0.25) is 5.91 Å². The van der Waals surface area contributed by atoms with Crippen molar-refractivity contribution in [2.75, 3.05) is 12.4 Å². The zero-order valence-corrected chi connectivity index (χ0v) is 10.9. The van der Waals surface area contributed by atoms with E-state index >= 15 is 0 Å². The first-order valence-corrected chi connectivity index (χ1v) is 5.71. The first-order valence-electron chi connectivity index (χ1n) is 4.92. The van der Waals surface area contributed by atoms with Crippen LogP contribution in [0, 0.1) is 0 Å². The van der Waals surface area contributed by atoms with Crippen molar-refractivity contribution in [2.24, 2.45) is 5.73 Å². The summed E-state index contributed by atoms with van der Waals surface area (Å²) in [5.41, 5.74) is 6.23. The number of nitrogens with one attached hydrogen (secondary N) is 1. The van der Waals surface area contributed by atoms with Gasteiger partial charge in [0.25, 0.3) is 0 Å². The Kier molecular flexibility index (Phi) is 4.76. The summed E-state index contributed by atoms with van der Waals surface area (Å²) in [5.74, 6) is 0.581. The Hall–Kier alpha value is -1.07. The molecule has 0 bridgehead atoms. The van der Waals surface area contributed by atoms with Gasteiger partial charge in [-0.15, -0.1) is 0 Å². The van der Waals surface area contributed by atoms with Gasteiger partial charge in [-0.3, -0.25) is 4.79 Å². The van der Waals surface area contributed by atoms with E-state index in [4.69, 9.17) is 10.5 Å². The van der Waals surface area contributed by atoms with E-state index in [1.54, 1.807) is 26.2 Å². The molecule has 1 unspecified atom stereocenters. The van der Waals surface area contributed by atoms with Gasteiger partial charge in [-0.05, 0) is 35.0 Å². The van der Waals surface area contributed by atoms with Gasteiger partial charge in [-0.2, -0.15) is 0 Å². The summed E-state index contributed by atoms with van der Waals surface area (Å²) in [4.78, 5) is 11.5. The summed E-state index contributed by atoms with van der Waals surface area (Å²) in [7, 11) is 1.58. The fourth-order valence-electron chi connectivity index (χ4n) is 1.24. The lowest BCUT2D eigenvalue weighted by atomic mass is 10.2. The maximum Gasteiger partial charge on any atom is 0.225 e. The second-order valence-corrected chi connectivity index (χ2v) is 4.43. The third-order valence-electron chi connectivity index (χ3n) is 1.94. The lowest BCUT2D eigenvalue weighted by molar-refractivity contribution is -0.116. The number of amides is 1. The van der Waals surface area contributed by atoms with Gasteiger partial charge in [0, 0.05) is 24.2 Å². The molecule has 0 aliphatic rings. The molecule has 0 aliphatic carbocycles. The van der Waals surface area contributed by atoms with Crippen LogP contribution in [0.15, 0.2) is 22.7 Å². The van der Waals surface area contributed by atoms with Crippen LogP contribution in [0.25, 0.3) is 0 Å². The van der Waals surface area contributed by atoms with Gasteiger partial charge in [-0.25, -0.2) is 0 Å². The minimum atomic E-state index is -0.141. The highest BCUT2D eigenvalue weighted by molar-refractivity contribution is 9.10. The molecule has 0 aliphatic heterocycles. The first kappa shape index (κ1) is 13.0. The quantitative estimate of drug-likeness (QED) is 0.891. The van der Waals surface area contributed by atoms with Crippen molar-refractivity contribution in [2.45, 2.75) is 19.4 Å². The minimum absolute atomic E-state index is 0.0978. The van der Waals surface area contributed by atoms with Crippen LogP contribution in [-0.2, 0) is 4.79 Å². The smallest absolute Gasteiger partial charge is 0.225 e. The van der Waals surface area contributed by atoms with E-state index in [0.717, 1.165) is 4.47 Å². The van der Waals surface area contributed by atoms with Crippen molar-refractivity contribution >= 4 is 27.5 Å². The lowest BCUT2D eigenvalue weighted by Gasteiger charge is -2.09. The first-order chi connectivity index (χ1) is 7.52. The average Bonchev–Trinajstić information content (AvgIpc) is 2.19. The standard InChI is InChI=1S/C11H15BrN2O2/c1-7(13)5-11(15)14-8-3-4-9(12)10(6-8)16-2/h3-4,6-7H,5,13H2,1-2H3,(H,14,15). The molecule has 88 valence electrons. The van der Waals surface area contributed by atoms with E-state index in [1.807, 2.05) is 6.07 Å². The average molecular weight is 287 g/mol. The fraction of sp³-hybridized carbons (Fsp3) is 0.364. The Morgan fingerprint density at radius 3 is 2.88 bits per heavy atom. The molecule has 1 amide bonds. The van der Waals surface area contributed by atoms with Gasteiger partial charge >= 0.3 is 0 Å². The lowest BCUT2D eigenvalue weighted by Crippen LogP contribution is -2.23. The SMILES string of the molecule is COc1cc(NC(=O)CC(C)N)ccc1Br. The number of nitrogens with two attached hydrogens (primary N) is 1. The third-order valence-corrected chi connectivity index (χ3v) is 2.60. The molecule has 1 aromatic carbocycles. The predicted octanol–water partition coefficient (Wildman–Crippen LogP) is 2.13. The Balaban J connectivity index is 2.71. The summed E-state index contributed by atoms with van der Waals surface area (Å²) >= 11 is 3.34. The molecule has 0 spiro atoms. The van der Waals surface area contributed by atoms with Crippen molar-refractivity contribution in [3.05, 3.63) is 22.7 Å². The van der Waals surface area contributed by atoms with E-state index in [0.29, 0.717) is 17.9 Å². The van der Waals surface area contributed by atoms with E-state index in [9.17, 15) is 4.79 Å². The molecule has 0 saturated heterocycles. The molecule has 3 N–H and O–H groups in total. The molecule has 0 heterocycles. The molecule has 0 aromatic heterocycles. The number of methoxy groups -OCH3 is 1. The number of hydrogen-bond acceptors (Lipinski definition) is 3. The number of rotatable bonds is 4. The number of carbonyl (C=O) groups is 1. The Labute approximate surface area is 103 Å². The van der Waals surface area contributed by atoms with Crippen LogP contribution < -0.4 is 15.8 Å². The Bertz CT molecular complexity index is 380. The van der Waals surface area contributed by atoms with E-state index in [1.165, 1.54) is 0 Å². The summed E-state index contributed by atoms with van der Waals surface area (Å²) in [6, 6.07) is 5.23. The molecule has 4 nitrogen and oxygen atoms in total. The molecule has 1 aromatic rings. The Morgan fingerprint density at radius 2 is 2.31 bits per heavy atom. The zero-order valence-electron chi connectivity index (χ0n) is 9.29. The van der Waals surface area contributed by atoms with Crippen molar-refractivity contribution < 1.29 is 9.53 Å². The van der Waals surface area contributed by atoms with Crippen LogP contribution in [0.3, 0.4) is 0 Å². The maximum atomic E-state index is 11.5. The number of anilines is 1. The van der Waals surface area contributed by atoms with Crippen molar-refractivity contribution in [1.29, 1.82) is 0 Å². The fourth-order valence-corrected chi connectivity index (χ4v) is 1.65. The third kappa shape index (κ3) is 3.83. The monoisotopic (exact) mass is 286 g/mol. The van der Waals surface area contributed by atoms with E-state index in [-0.39, 0.29) is 11.9 Å². The van der Waals surface area contributed by atoms with Crippen molar-refractivity contribution in [1.82, 2.24) is 0 Å². The molecular weight excluding hydrogens is 272 g/mol. The highest BCUT2D eigenvalue weighted by atomic mass is 79.9. The van der Waals surface area contributed by atoms with Crippen LogP contribution >= 0.6 is 15.9 Å². The van der Waals surface area contributed by atoms with E-state index in [2.05, 4.69) is 21.2 Å². The normalized spacial score (nSPS) is 12.0. The number of halogens is 1. The maximum absolute atomic E-state index is 11.5. The largest absolute Gasteiger partial charge is 0.495 e. The molecule has 16 heavy (non-hydrogen) atoms. The van der Waals surface area contributed by atoms with Crippen LogP contribution in [0.4, 0.5) is 5.69 Å². The minimum Gasteiger partial charge on any atom is -0.495 e. The van der Waals surface area contributed by atoms with Gasteiger partial charge < -0.3 is 15.8 Å². The van der Waals surface area contributed by atoms with Crippen LogP contribution in [0.2, 0.25) is 0 Å². The highest BCUT2D eigenvalue weighted by Gasteiger charge is 2.07. The van der Waals surface area contributed by atoms with Gasteiger partial charge in [0.1, 0.15) is 5.75 Å². The van der Waals surface area contributed by atoms with Crippen LogP contribution in [0.5, 0.6) is 5.75 Å². The molecule has 0 saturated carbocycles. The van der Waals surface area contributed by atoms with Crippen molar-refractivity contribution in [3.63, 3.8) is 0 Å². The molecule has 1 rings (SSSR count). The molecule has 0 fully saturated rings. The molecule has 5 heteroatoms. The van der Waals surface area contributed by atoms with Gasteiger partial charge in [0.15, 0.2) is 0 Å². The van der Waals surface area contributed by atoms with Crippen LogP contribution in [0.1, 0.15) is 13.3 Å². The van der Waals surface area contributed by atoms with E-state index < -0.39 is 0 Å². The van der Waals surface area contributed by atoms with Crippen LogP contribution in [-0.4, -0.2) is 19.1 Å². The van der Waals surface area contributed by atoms with Gasteiger partial charge in [0.05, 0.1) is 11.6 Å². The summed E-state index contributed by atoms with van der Waals surface area (Å²) in [5, 5.41) is 2.76. The topological polar surface area (TPSA) is 64.3 Å².